The number of hydrogen-bond donors (Lipinski definition) is 0. The second-order valence-electron chi connectivity index (χ2n) is 3.92. The van der Waals surface area contributed by atoms with Gasteiger partial charge in [0.2, 0.25) is 0 Å². The van der Waals surface area contributed by atoms with Gasteiger partial charge in [0, 0.05) is 18.8 Å². The summed E-state index contributed by atoms with van der Waals surface area (Å²) in [7, 11) is 0. The summed E-state index contributed by atoms with van der Waals surface area (Å²) in [5.74, 6) is -1.08. The third kappa shape index (κ3) is 2.08. The maximum absolute atomic E-state index is 11.5. The first-order chi connectivity index (χ1) is 6.57. The lowest BCUT2D eigenvalue weighted by Gasteiger charge is -2.26. The standard InChI is InChI=1S/C11H16O3/c1-3-4-8-9(13)5-6-10(14)11(8)7(2)12/h8,11H,3-6H2,1-2H3. The molecule has 78 valence electrons. The van der Waals surface area contributed by atoms with Crippen molar-refractivity contribution in [3.63, 3.8) is 0 Å². The van der Waals surface area contributed by atoms with E-state index in [1.54, 1.807) is 0 Å². The SMILES string of the molecule is CCCC1C(=O)CCC(=O)C1C(C)=O. The molecule has 0 amide bonds. The summed E-state index contributed by atoms with van der Waals surface area (Å²) in [5, 5.41) is 0. The molecule has 3 heteroatoms. The van der Waals surface area contributed by atoms with Gasteiger partial charge >= 0.3 is 0 Å². The highest BCUT2D eigenvalue weighted by Crippen LogP contribution is 2.28. The Labute approximate surface area is 83.9 Å². The van der Waals surface area contributed by atoms with Gasteiger partial charge in [-0.15, -0.1) is 0 Å². The van der Waals surface area contributed by atoms with Crippen LogP contribution in [0.15, 0.2) is 0 Å². The first kappa shape index (κ1) is 11.1. The molecule has 0 aromatic carbocycles. The van der Waals surface area contributed by atoms with E-state index in [1.807, 2.05) is 6.92 Å². The van der Waals surface area contributed by atoms with E-state index in [0.717, 1.165) is 6.42 Å². The van der Waals surface area contributed by atoms with Crippen LogP contribution in [0.25, 0.3) is 0 Å². The van der Waals surface area contributed by atoms with Crippen LogP contribution in [0, 0.1) is 11.8 Å². The highest BCUT2D eigenvalue weighted by molar-refractivity contribution is 6.08. The largest absolute Gasteiger partial charge is 0.299 e. The van der Waals surface area contributed by atoms with Crippen molar-refractivity contribution in [2.75, 3.05) is 0 Å². The first-order valence-electron chi connectivity index (χ1n) is 5.13. The van der Waals surface area contributed by atoms with Gasteiger partial charge in [-0.1, -0.05) is 13.3 Å². The zero-order chi connectivity index (χ0) is 10.7. The van der Waals surface area contributed by atoms with Gasteiger partial charge in [0.25, 0.3) is 0 Å². The fourth-order valence-electron chi connectivity index (χ4n) is 2.15. The summed E-state index contributed by atoms with van der Waals surface area (Å²) in [6.07, 6.45) is 2.08. The first-order valence-corrected chi connectivity index (χ1v) is 5.13. The average molecular weight is 196 g/mol. The van der Waals surface area contributed by atoms with Crippen molar-refractivity contribution in [2.24, 2.45) is 11.8 Å². The monoisotopic (exact) mass is 196 g/mol. The Kier molecular flexibility index (Phi) is 3.55. The molecule has 0 bridgehead atoms. The molecule has 1 aliphatic rings. The molecule has 2 unspecified atom stereocenters. The van der Waals surface area contributed by atoms with Gasteiger partial charge in [-0.2, -0.15) is 0 Å². The minimum absolute atomic E-state index is 0.0458. The Morgan fingerprint density at radius 3 is 2.36 bits per heavy atom. The molecule has 0 aromatic rings. The lowest BCUT2D eigenvalue weighted by Crippen LogP contribution is -2.39. The molecule has 0 aromatic heterocycles. The van der Waals surface area contributed by atoms with Crippen molar-refractivity contribution in [1.82, 2.24) is 0 Å². The van der Waals surface area contributed by atoms with E-state index in [4.69, 9.17) is 0 Å². The van der Waals surface area contributed by atoms with Gasteiger partial charge in [0.05, 0.1) is 5.92 Å². The number of carbonyl (C=O) groups excluding carboxylic acids is 3. The molecule has 2 atom stereocenters. The molecular formula is C11H16O3. The highest BCUT2D eigenvalue weighted by atomic mass is 16.2. The molecular weight excluding hydrogens is 180 g/mol. The fourth-order valence-corrected chi connectivity index (χ4v) is 2.15. The Morgan fingerprint density at radius 2 is 1.86 bits per heavy atom. The Hall–Kier alpha value is -0.990. The molecule has 0 radical (unpaired) electrons. The van der Waals surface area contributed by atoms with Gasteiger partial charge in [-0.3, -0.25) is 14.4 Å². The summed E-state index contributed by atoms with van der Waals surface area (Å²) in [6.45, 7) is 3.37. The fraction of sp³-hybridized carbons (Fsp3) is 0.727. The molecule has 0 aliphatic heterocycles. The van der Waals surface area contributed by atoms with Gasteiger partial charge < -0.3 is 0 Å². The second-order valence-corrected chi connectivity index (χ2v) is 3.92. The molecule has 1 fully saturated rings. The molecule has 1 rings (SSSR count). The molecule has 0 spiro atoms. The van der Waals surface area contributed by atoms with E-state index in [-0.39, 0.29) is 29.7 Å². The zero-order valence-corrected chi connectivity index (χ0v) is 8.71. The van der Waals surface area contributed by atoms with Crippen molar-refractivity contribution in [3.8, 4) is 0 Å². The molecule has 0 heterocycles. The van der Waals surface area contributed by atoms with Gasteiger partial charge in [-0.05, 0) is 13.3 Å². The predicted molar refractivity (Wildman–Crippen MR) is 51.8 cm³/mol. The van der Waals surface area contributed by atoms with Crippen LogP contribution in [0.5, 0.6) is 0 Å². The number of rotatable bonds is 3. The van der Waals surface area contributed by atoms with Crippen molar-refractivity contribution in [1.29, 1.82) is 0 Å². The van der Waals surface area contributed by atoms with Crippen LogP contribution in [-0.2, 0) is 14.4 Å². The number of hydrogen-bond acceptors (Lipinski definition) is 3. The van der Waals surface area contributed by atoms with Crippen LogP contribution >= 0.6 is 0 Å². The average Bonchev–Trinajstić information content (AvgIpc) is 2.11. The summed E-state index contributed by atoms with van der Waals surface area (Å²) >= 11 is 0. The minimum atomic E-state index is -0.642. The van der Waals surface area contributed by atoms with E-state index >= 15 is 0 Å². The summed E-state index contributed by atoms with van der Waals surface area (Å²) < 4.78 is 0. The number of Topliss-reactive ketones (excluding diaryl/α,β-unsaturated/α-hetero) is 3. The predicted octanol–water partition coefficient (Wildman–Crippen LogP) is 1.54. The number of ketones is 3. The van der Waals surface area contributed by atoms with E-state index in [9.17, 15) is 14.4 Å². The van der Waals surface area contributed by atoms with Crippen LogP contribution in [0.3, 0.4) is 0 Å². The van der Waals surface area contributed by atoms with Crippen LogP contribution in [0.2, 0.25) is 0 Å². The molecule has 3 nitrogen and oxygen atoms in total. The Morgan fingerprint density at radius 1 is 1.29 bits per heavy atom. The maximum Gasteiger partial charge on any atom is 0.144 e. The van der Waals surface area contributed by atoms with E-state index in [1.165, 1.54) is 6.92 Å². The second kappa shape index (κ2) is 4.49. The van der Waals surface area contributed by atoms with Gasteiger partial charge in [0.1, 0.15) is 17.3 Å². The minimum Gasteiger partial charge on any atom is -0.299 e. The van der Waals surface area contributed by atoms with Crippen molar-refractivity contribution in [3.05, 3.63) is 0 Å². The topological polar surface area (TPSA) is 51.2 Å². The maximum atomic E-state index is 11.5. The van der Waals surface area contributed by atoms with Gasteiger partial charge in [0.15, 0.2) is 0 Å². The molecule has 0 saturated heterocycles. The summed E-state index contributed by atoms with van der Waals surface area (Å²) in [6, 6.07) is 0. The third-order valence-electron chi connectivity index (χ3n) is 2.82. The van der Waals surface area contributed by atoms with E-state index < -0.39 is 5.92 Å². The van der Waals surface area contributed by atoms with Crippen LogP contribution in [0.4, 0.5) is 0 Å². The molecule has 1 aliphatic carbocycles. The Balaban J connectivity index is 2.86. The van der Waals surface area contributed by atoms with Crippen LogP contribution in [-0.4, -0.2) is 17.3 Å². The molecule has 14 heavy (non-hydrogen) atoms. The third-order valence-corrected chi connectivity index (χ3v) is 2.82. The smallest absolute Gasteiger partial charge is 0.144 e. The zero-order valence-electron chi connectivity index (χ0n) is 8.71. The summed E-state index contributed by atoms with van der Waals surface area (Å²) in [5.41, 5.74) is 0. The molecule has 0 N–H and O–H groups in total. The van der Waals surface area contributed by atoms with Crippen LogP contribution < -0.4 is 0 Å². The highest BCUT2D eigenvalue weighted by Gasteiger charge is 2.39. The number of carbonyl (C=O) groups is 3. The van der Waals surface area contributed by atoms with E-state index in [2.05, 4.69) is 0 Å². The van der Waals surface area contributed by atoms with E-state index in [0.29, 0.717) is 12.8 Å². The van der Waals surface area contributed by atoms with Crippen molar-refractivity contribution in [2.45, 2.75) is 39.5 Å². The van der Waals surface area contributed by atoms with Crippen molar-refractivity contribution >= 4 is 17.3 Å². The lowest BCUT2D eigenvalue weighted by molar-refractivity contribution is -0.143. The molecule has 1 saturated carbocycles. The van der Waals surface area contributed by atoms with Crippen molar-refractivity contribution < 1.29 is 14.4 Å². The Bertz CT molecular complexity index is 268. The summed E-state index contributed by atoms with van der Waals surface area (Å²) in [4.78, 5) is 34.3. The lowest BCUT2D eigenvalue weighted by atomic mass is 9.73. The van der Waals surface area contributed by atoms with Crippen LogP contribution in [0.1, 0.15) is 39.5 Å². The van der Waals surface area contributed by atoms with Gasteiger partial charge in [-0.25, -0.2) is 0 Å². The normalized spacial score (nSPS) is 27.9. The quantitative estimate of drug-likeness (QED) is 0.643.